The van der Waals surface area contributed by atoms with Crippen molar-refractivity contribution in [3.8, 4) is 11.5 Å². The lowest BCUT2D eigenvalue weighted by molar-refractivity contribution is 0.303. The molecule has 0 saturated heterocycles. The molecule has 2 N–H and O–H groups in total. The summed E-state index contributed by atoms with van der Waals surface area (Å²) < 4.78 is 5.34. The lowest BCUT2D eigenvalue weighted by Crippen LogP contribution is -2.25. The molecule has 0 unspecified atom stereocenters. The lowest BCUT2D eigenvalue weighted by atomic mass is 10.2. The summed E-state index contributed by atoms with van der Waals surface area (Å²) in [5.74, 6) is 1.28. The number of anilines is 1. The second-order valence-corrected chi connectivity index (χ2v) is 5.81. The molecule has 0 aliphatic rings. The van der Waals surface area contributed by atoms with Crippen molar-refractivity contribution in [3.63, 3.8) is 0 Å². The minimum absolute atomic E-state index is 0.535. The maximum absolute atomic E-state index is 6.01. The van der Waals surface area contributed by atoms with Gasteiger partial charge in [0, 0.05) is 17.8 Å². The Hall–Kier alpha value is -1.40. The third kappa shape index (κ3) is 3.37. The van der Waals surface area contributed by atoms with Crippen molar-refractivity contribution >= 4 is 16.3 Å². The van der Waals surface area contributed by atoms with Crippen molar-refractivity contribution in [1.29, 1.82) is 0 Å². The number of hydrogen-bond acceptors (Lipinski definition) is 6. The molecule has 5 nitrogen and oxygen atoms in total. The highest BCUT2D eigenvalue weighted by molar-refractivity contribution is 7.16. The standard InChI is InChI=1S/C14H22N4OS/c1-4-10-9-11(13(15)20-10)14-16-12(17-19-14)7-8-18(5-2)6-3/h9H,4-8,15H2,1-3H3. The molecule has 0 spiro atoms. The van der Waals surface area contributed by atoms with E-state index in [4.69, 9.17) is 10.3 Å². The minimum Gasteiger partial charge on any atom is -0.390 e. The number of nitrogens with zero attached hydrogens (tertiary/aromatic N) is 3. The molecule has 2 aromatic heterocycles. The fraction of sp³-hybridized carbons (Fsp3) is 0.571. The van der Waals surface area contributed by atoms with Gasteiger partial charge in [0.1, 0.15) is 0 Å². The van der Waals surface area contributed by atoms with Crippen molar-refractivity contribution in [1.82, 2.24) is 15.0 Å². The van der Waals surface area contributed by atoms with Crippen molar-refractivity contribution in [2.45, 2.75) is 33.6 Å². The minimum atomic E-state index is 0.535. The first-order chi connectivity index (χ1) is 9.67. The number of likely N-dealkylation sites (N-methyl/N-ethyl adjacent to an activating group) is 1. The summed E-state index contributed by atoms with van der Waals surface area (Å²) in [6.07, 6.45) is 1.77. The fourth-order valence-electron chi connectivity index (χ4n) is 2.06. The van der Waals surface area contributed by atoms with Crippen molar-refractivity contribution < 1.29 is 4.52 Å². The van der Waals surface area contributed by atoms with Crippen LogP contribution in [0.4, 0.5) is 5.00 Å². The Bertz CT molecular complexity index is 545. The molecule has 6 heteroatoms. The number of hydrogen-bond donors (Lipinski definition) is 1. The Kier molecular flexibility index (Phi) is 5.14. The van der Waals surface area contributed by atoms with E-state index in [1.165, 1.54) is 4.88 Å². The van der Waals surface area contributed by atoms with Crippen LogP contribution in [-0.2, 0) is 12.8 Å². The van der Waals surface area contributed by atoms with E-state index in [9.17, 15) is 0 Å². The third-order valence-corrected chi connectivity index (χ3v) is 4.51. The molecule has 0 saturated carbocycles. The first-order valence-electron chi connectivity index (χ1n) is 7.11. The average molecular weight is 294 g/mol. The SMILES string of the molecule is CCc1cc(-c2nc(CCN(CC)CC)no2)c(N)s1. The number of rotatable bonds is 7. The Balaban J connectivity index is 2.06. The second-order valence-electron chi connectivity index (χ2n) is 4.64. The molecule has 0 bridgehead atoms. The number of nitrogen functional groups attached to an aromatic ring is 1. The molecule has 0 fully saturated rings. The predicted octanol–water partition coefficient (Wildman–Crippen LogP) is 2.83. The summed E-state index contributed by atoms with van der Waals surface area (Å²) >= 11 is 1.59. The van der Waals surface area contributed by atoms with E-state index in [2.05, 4.69) is 35.8 Å². The van der Waals surface area contributed by atoms with E-state index < -0.39 is 0 Å². The van der Waals surface area contributed by atoms with Crippen LogP contribution in [0.2, 0.25) is 0 Å². The molecule has 0 radical (unpaired) electrons. The molecule has 0 amide bonds. The van der Waals surface area contributed by atoms with Gasteiger partial charge in [-0.2, -0.15) is 4.98 Å². The second kappa shape index (κ2) is 6.85. The highest BCUT2D eigenvalue weighted by atomic mass is 32.1. The highest BCUT2D eigenvalue weighted by Crippen LogP contribution is 2.33. The zero-order valence-electron chi connectivity index (χ0n) is 12.3. The van der Waals surface area contributed by atoms with Crippen molar-refractivity contribution in [2.24, 2.45) is 0 Å². The van der Waals surface area contributed by atoms with E-state index >= 15 is 0 Å². The lowest BCUT2D eigenvalue weighted by Gasteiger charge is -2.16. The molecule has 0 aliphatic carbocycles. The average Bonchev–Trinajstić information content (AvgIpc) is 3.06. The topological polar surface area (TPSA) is 68.2 Å². The van der Waals surface area contributed by atoms with Crippen LogP contribution in [0.25, 0.3) is 11.5 Å². The first-order valence-corrected chi connectivity index (χ1v) is 7.93. The Morgan fingerprint density at radius 3 is 2.65 bits per heavy atom. The molecule has 0 aliphatic heterocycles. The van der Waals surface area contributed by atoms with Gasteiger partial charge in [-0.15, -0.1) is 11.3 Å². The fourth-order valence-corrected chi connectivity index (χ4v) is 2.92. The van der Waals surface area contributed by atoms with E-state index in [0.29, 0.717) is 5.89 Å². The summed E-state index contributed by atoms with van der Waals surface area (Å²) in [5, 5.41) is 4.80. The van der Waals surface area contributed by atoms with Crippen LogP contribution >= 0.6 is 11.3 Å². The maximum atomic E-state index is 6.01. The first kappa shape index (κ1) is 15.0. The van der Waals surface area contributed by atoms with Gasteiger partial charge in [0.25, 0.3) is 5.89 Å². The molecular formula is C14H22N4OS. The van der Waals surface area contributed by atoms with Gasteiger partial charge in [-0.25, -0.2) is 0 Å². The van der Waals surface area contributed by atoms with Gasteiger partial charge in [0.15, 0.2) is 5.82 Å². The van der Waals surface area contributed by atoms with Gasteiger partial charge >= 0.3 is 0 Å². The van der Waals surface area contributed by atoms with Crippen LogP contribution in [0, 0.1) is 0 Å². The van der Waals surface area contributed by atoms with Crippen LogP contribution < -0.4 is 5.73 Å². The number of nitrogens with two attached hydrogens (primary N) is 1. The Morgan fingerprint density at radius 2 is 2.05 bits per heavy atom. The predicted molar refractivity (Wildman–Crippen MR) is 82.9 cm³/mol. The van der Waals surface area contributed by atoms with E-state index in [0.717, 1.165) is 48.9 Å². The molecule has 0 atom stereocenters. The van der Waals surface area contributed by atoms with Crippen LogP contribution in [0.1, 0.15) is 31.5 Å². The number of aromatic nitrogens is 2. The van der Waals surface area contributed by atoms with Crippen molar-refractivity contribution in [2.75, 3.05) is 25.4 Å². The molecule has 20 heavy (non-hydrogen) atoms. The van der Waals surface area contributed by atoms with Gasteiger partial charge in [-0.05, 0) is 25.6 Å². The molecule has 0 aromatic carbocycles. The molecule has 110 valence electrons. The number of thiophene rings is 1. The van der Waals surface area contributed by atoms with Crippen LogP contribution in [0.15, 0.2) is 10.6 Å². The van der Waals surface area contributed by atoms with E-state index in [1.54, 1.807) is 11.3 Å². The summed E-state index contributed by atoms with van der Waals surface area (Å²) in [7, 11) is 0. The zero-order valence-corrected chi connectivity index (χ0v) is 13.2. The van der Waals surface area contributed by atoms with Gasteiger partial charge in [0.2, 0.25) is 0 Å². The highest BCUT2D eigenvalue weighted by Gasteiger charge is 2.15. The van der Waals surface area contributed by atoms with E-state index in [1.807, 2.05) is 6.07 Å². The smallest absolute Gasteiger partial charge is 0.260 e. The van der Waals surface area contributed by atoms with Crippen molar-refractivity contribution in [3.05, 3.63) is 16.8 Å². The van der Waals surface area contributed by atoms with Gasteiger partial charge in [-0.3, -0.25) is 0 Å². The van der Waals surface area contributed by atoms with Crippen LogP contribution in [-0.4, -0.2) is 34.7 Å². The van der Waals surface area contributed by atoms with Crippen LogP contribution in [0.5, 0.6) is 0 Å². The van der Waals surface area contributed by atoms with Gasteiger partial charge in [-0.1, -0.05) is 25.9 Å². The summed E-state index contributed by atoms with van der Waals surface area (Å²) in [5.41, 5.74) is 6.87. The molecule has 2 heterocycles. The molecule has 2 rings (SSSR count). The summed E-state index contributed by atoms with van der Waals surface area (Å²) in [4.78, 5) is 8.03. The largest absolute Gasteiger partial charge is 0.390 e. The van der Waals surface area contributed by atoms with Gasteiger partial charge in [0.05, 0.1) is 10.6 Å². The van der Waals surface area contributed by atoms with E-state index in [-0.39, 0.29) is 0 Å². The number of aryl methyl sites for hydroxylation is 1. The maximum Gasteiger partial charge on any atom is 0.260 e. The summed E-state index contributed by atoms with van der Waals surface area (Å²) in [6, 6.07) is 2.04. The summed E-state index contributed by atoms with van der Waals surface area (Å²) in [6.45, 7) is 9.45. The van der Waals surface area contributed by atoms with Crippen LogP contribution in [0.3, 0.4) is 0 Å². The molecular weight excluding hydrogens is 272 g/mol. The normalized spacial score (nSPS) is 11.4. The molecule has 2 aromatic rings. The Morgan fingerprint density at radius 1 is 1.30 bits per heavy atom. The third-order valence-electron chi connectivity index (χ3n) is 3.40. The quantitative estimate of drug-likeness (QED) is 0.850. The monoisotopic (exact) mass is 294 g/mol. The zero-order chi connectivity index (χ0) is 14.5. The Labute approximate surface area is 123 Å². The van der Waals surface area contributed by atoms with Gasteiger partial charge < -0.3 is 15.2 Å².